The van der Waals surface area contributed by atoms with Gasteiger partial charge in [-0.05, 0) is 64.0 Å². The van der Waals surface area contributed by atoms with E-state index in [2.05, 4.69) is 17.6 Å². The van der Waals surface area contributed by atoms with Crippen LogP contribution in [0.2, 0.25) is 0 Å². The van der Waals surface area contributed by atoms with Gasteiger partial charge >= 0.3 is 0 Å². The zero-order chi connectivity index (χ0) is 29.8. The number of hydrogen-bond acceptors (Lipinski definition) is 6. The highest BCUT2D eigenvalue weighted by atomic mass is 16.2. The summed E-state index contributed by atoms with van der Waals surface area (Å²) in [6, 6.07) is 0. The standard InChI is InChI=1S/C32H62N4O4/c1-27(17-11-13-21-33)25-30(38)19-9-5-4-8-16-24-36-32(40)29(18-12-14-22-34)26-31(39)20-10-6-3-7-15-23-35-28(2)37/h27,29H,3-26,33-34H2,1-2H3,(H,35,37)(H,36,40). The molecule has 0 aliphatic heterocycles. The first-order chi connectivity index (χ1) is 19.3. The van der Waals surface area contributed by atoms with Crippen molar-refractivity contribution in [3.8, 4) is 0 Å². The van der Waals surface area contributed by atoms with E-state index in [0.29, 0.717) is 63.4 Å². The van der Waals surface area contributed by atoms with Gasteiger partial charge in [0.1, 0.15) is 11.6 Å². The third-order valence-electron chi connectivity index (χ3n) is 7.52. The lowest BCUT2D eigenvalue weighted by Crippen LogP contribution is -2.33. The lowest BCUT2D eigenvalue weighted by atomic mass is 9.93. The fourth-order valence-electron chi connectivity index (χ4n) is 5.04. The first kappa shape index (κ1) is 38.2. The minimum Gasteiger partial charge on any atom is -0.356 e. The molecule has 0 rings (SSSR count). The topological polar surface area (TPSA) is 144 Å². The van der Waals surface area contributed by atoms with Crippen molar-refractivity contribution in [2.24, 2.45) is 23.3 Å². The van der Waals surface area contributed by atoms with E-state index in [4.69, 9.17) is 11.5 Å². The molecule has 0 bridgehead atoms. The second-order valence-electron chi connectivity index (χ2n) is 11.7. The summed E-state index contributed by atoms with van der Waals surface area (Å²) < 4.78 is 0. The molecule has 0 fully saturated rings. The molecule has 0 saturated heterocycles. The van der Waals surface area contributed by atoms with Gasteiger partial charge in [0.2, 0.25) is 11.8 Å². The lowest BCUT2D eigenvalue weighted by molar-refractivity contribution is -0.129. The van der Waals surface area contributed by atoms with E-state index >= 15 is 0 Å². The monoisotopic (exact) mass is 566 g/mol. The van der Waals surface area contributed by atoms with Gasteiger partial charge in [-0.2, -0.15) is 0 Å². The molecule has 0 heterocycles. The normalized spacial score (nSPS) is 12.6. The van der Waals surface area contributed by atoms with Gasteiger partial charge < -0.3 is 22.1 Å². The quantitative estimate of drug-likeness (QED) is 0.0899. The smallest absolute Gasteiger partial charge is 0.223 e. The molecule has 0 saturated carbocycles. The average molecular weight is 567 g/mol. The van der Waals surface area contributed by atoms with Gasteiger partial charge in [-0.1, -0.05) is 64.7 Å². The van der Waals surface area contributed by atoms with E-state index < -0.39 is 0 Å². The van der Waals surface area contributed by atoms with E-state index in [1.54, 1.807) is 0 Å². The van der Waals surface area contributed by atoms with Crippen LogP contribution < -0.4 is 22.1 Å². The maximum Gasteiger partial charge on any atom is 0.223 e. The Morgan fingerprint density at radius 1 is 0.575 bits per heavy atom. The fraction of sp³-hybridized carbons (Fsp3) is 0.875. The lowest BCUT2D eigenvalue weighted by Gasteiger charge is -2.16. The SMILES string of the molecule is CC(=O)NCCCCCCCC(=O)CC(CCCCN)C(=O)NCCCCCCCC(=O)CC(C)CCCCN. The Bertz CT molecular complexity index is 671. The molecule has 0 radical (unpaired) electrons. The summed E-state index contributed by atoms with van der Waals surface area (Å²) in [5.74, 6) is 0.739. The zero-order valence-electron chi connectivity index (χ0n) is 25.9. The Kier molecular flexibility index (Phi) is 26.1. The number of carbonyl (C=O) groups is 4. The first-order valence-corrected chi connectivity index (χ1v) is 16.3. The van der Waals surface area contributed by atoms with Crippen LogP contribution in [0.3, 0.4) is 0 Å². The molecule has 0 aliphatic carbocycles. The predicted molar refractivity (Wildman–Crippen MR) is 165 cm³/mol. The van der Waals surface area contributed by atoms with E-state index in [1.165, 1.54) is 6.92 Å². The Balaban J connectivity index is 4.04. The number of Topliss-reactive ketones (excluding diaryl/α,β-unsaturated/α-hetero) is 2. The highest BCUT2D eigenvalue weighted by molar-refractivity contribution is 5.86. The van der Waals surface area contributed by atoms with Crippen LogP contribution in [0.4, 0.5) is 0 Å². The van der Waals surface area contributed by atoms with E-state index in [-0.39, 0.29) is 23.5 Å². The third-order valence-corrected chi connectivity index (χ3v) is 7.52. The maximum atomic E-state index is 12.8. The molecule has 234 valence electrons. The molecule has 6 N–H and O–H groups in total. The molecule has 0 spiro atoms. The van der Waals surface area contributed by atoms with Crippen LogP contribution in [0.15, 0.2) is 0 Å². The number of ketones is 2. The molecule has 0 aromatic carbocycles. The Hall–Kier alpha value is -1.80. The van der Waals surface area contributed by atoms with Crippen molar-refractivity contribution < 1.29 is 19.2 Å². The number of unbranched alkanes of at least 4 members (excludes halogenated alkanes) is 10. The summed E-state index contributed by atoms with van der Waals surface area (Å²) in [7, 11) is 0. The van der Waals surface area contributed by atoms with Crippen LogP contribution in [-0.4, -0.2) is 49.6 Å². The Morgan fingerprint density at radius 2 is 1.05 bits per heavy atom. The number of amides is 2. The molecule has 40 heavy (non-hydrogen) atoms. The van der Waals surface area contributed by atoms with Gasteiger partial charge in [0.25, 0.3) is 0 Å². The van der Waals surface area contributed by atoms with Gasteiger partial charge in [0.15, 0.2) is 0 Å². The molecule has 2 amide bonds. The summed E-state index contributed by atoms with van der Waals surface area (Å²) >= 11 is 0. The molecule has 2 atom stereocenters. The summed E-state index contributed by atoms with van der Waals surface area (Å²) in [5.41, 5.74) is 11.2. The highest BCUT2D eigenvalue weighted by Gasteiger charge is 2.21. The fourth-order valence-corrected chi connectivity index (χ4v) is 5.04. The van der Waals surface area contributed by atoms with Crippen LogP contribution in [-0.2, 0) is 19.2 Å². The molecule has 8 heteroatoms. The summed E-state index contributed by atoms with van der Waals surface area (Å²) in [5, 5.41) is 5.86. The second kappa shape index (κ2) is 27.4. The van der Waals surface area contributed by atoms with Crippen molar-refractivity contribution in [2.75, 3.05) is 26.2 Å². The zero-order valence-corrected chi connectivity index (χ0v) is 25.9. The first-order valence-electron chi connectivity index (χ1n) is 16.3. The molecule has 2 unspecified atom stereocenters. The van der Waals surface area contributed by atoms with Gasteiger partial charge in [0, 0.05) is 51.6 Å². The predicted octanol–water partition coefficient (Wildman–Crippen LogP) is 5.35. The molecular formula is C32H62N4O4. The van der Waals surface area contributed by atoms with Gasteiger partial charge in [-0.15, -0.1) is 0 Å². The van der Waals surface area contributed by atoms with Crippen molar-refractivity contribution in [3.05, 3.63) is 0 Å². The van der Waals surface area contributed by atoms with Crippen LogP contribution in [0.5, 0.6) is 0 Å². The molecular weight excluding hydrogens is 504 g/mol. The largest absolute Gasteiger partial charge is 0.356 e. The highest BCUT2D eigenvalue weighted by Crippen LogP contribution is 2.17. The molecule has 0 aromatic heterocycles. The van der Waals surface area contributed by atoms with E-state index in [9.17, 15) is 19.2 Å². The minimum atomic E-state index is -0.264. The molecule has 8 nitrogen and oxygen atoms in total. The third kappa shape index (κ3) is 25.2. The molecule has 0 aliphatic rings. The van der Waals surface area contributed by atoms with E-state index in [1.807, 2.05) is 0 Å². The van der Waals surface area contributed by atoms with Crippen molar-refractivity contribution in [3.63, 3.8) is 0 Å². The number of rotatable bonds is 29. The van der Waals surface area contributed by atoms with Gasteiger partial charge in [-0.25, -0.2) is 0 Å². The van der Waals surface area contributed by atoms with Crippen LogP contribution in [0, 0.1) is 11.8 Å². The molecule has 0 aromatic rings. The van der Waals surface area contributed by atoms with Gasteiger partial charge in [-0.3, -0.25) is 19.2 Å². The van der Waals surface area contributed by atoms with Crippen LogP contribution >= 0.6 is 0 Å². The number of carbonyl (C=O) groups excluding carboxylic acids is 4. The van der Waals surface area contributed by atoms with Crippen LogP contribution in [0.1, 0.15) is 142 Å². The maximum absolute atomic E-state index is 12.8. The van der Waals surface area contributed by atoms with Crippen LogP contribution in [0.25, 0.3) is 0 Å². The Labute approximate surface area is 244 Å². The average Bonchev–Trinajstić information content (AvgIpc) is 2.91. The summed E-state index contributed by atoms with van der Waals surface area (Å²) in [6.07, 6.45) is 17.8. The van der Waals surface area contributed by atoms with Crippen molar-refractivity contribution in [1.29, 1.82) is 0 Å². The summed E-state index contributed by atoms with van der Waals surface area (Å²) in [6.45, 7) is 6.36. The van der Waals surface area contributed by atoms with Crippen molar-refractivity contribution in [2.45, 2.75) is 142 Å². The van der Waals surface area contributed by atoms with E-state index in [0.717, 1.165) is 103 Å². The number of hydrogen-bond donors (Lipinski definition) is 4. The van der Waals surface area contributed by atoms with Crippen molar-refractivity contribution >= 4 is 23.4 Å². The number of nitrogens with two attached hydrogens (primary N) is 2. The Morgan fingerprint density at radius 3 is 1.60 bits per heavy atom. The van der Waals surface area contributed by atoms with Gasteiger partial charge in [0.05, 0.1) is 0 Å². The summed E-state index contributed by atoms with van der Waals surface area (Å²) in [4.78, 5) is 48.4. The minimum absolute atomic E-state index is 0.00507. The second-order valence-corrected chi connectivity index (χ2v) is 11.7. The van der Waals surface area contributed by atoms with Crippen molar-refractivity contribution in [1.82, 2.24) is 10.6 Å². The number of nitrogens with one attached hydrogen (secondary N) is 2.